The highest BCUT2D eigenvalue weighted by Gasteiger charge is 2.08. The van der Waals surface area contributed by atoms with E-state index in [1.165, 1.54) is 11.3 Å². The van der Waals surface area contributed by atoms with Gasteiger partial charge in [0.05, 0.1) is 10.4 Å². The molecule has 0 amide bonds. The molecule has 0 bridgehead atoms. The standard InChI is InChI=1S/C13H10O3S/c1-8-4-9(13(15)16)2-3-12(8)10-5-11(6-14)17-7-10/h2-7H,1H3,(H,15,16). The van der Waals surface area contributed by atoms with E-state index in [0.717, 1.165) is 23.0 Å². The summed E-state index contributed by atoms with van der Waals surface area (Å²) in [5, 5.41) is 10.8. The number of thiophene rings is 1. The van der Waals surface area contributed by atoms with Crippen LogP contribution in [0, 0.1) is 6.92 Å². The third-order valence-electron chi connectivity index (χ3n) is 2.52. The van der Waals surface area contributed by atoms with Crippen LogP contribution >= 0.6 is 11.3 Å². The first-order valence-corrected chi connectivity index (χ1v) is 5.88. The average molecular weight is 246 g/mol. The smallest absolute Gasteiger partial charge is 0.335 e. The summed E-state index contributed by atoms with van der Waals surface area (Å²) in [6, 6.07) is 6.79. The molecule has 86 valence electrons. The van der Waals surface area contributed by atoms with Gasteiger partial charge in [-0.25, -0.2) is 4.79 Å². The minimum atomic E-state index is -0.932. The van der Waals surface area contributed by atoms with Crippen molar-refractivity contribution in [3.8, 4) is 11.1 Å². The SMILES string of the molecule is Cc1cc(C(=O)O)ccc1-c1csc(C=O)c1. The third kappa shape index (κ3) is 2.26. The fourth-order valence-electron chi connectivity index (χ4n) is 1.68. The third-order valence-corrected chi connectivity index (χ3v) is 3.38. The first-order chi connectivity index (χ1) is 8.11. The van der Waals surface area contributed by atoms with Crippen LogP contribution in [0.3, 0.4) is 0 Å². The Morgan fingerprint density at radius 3 is 2.65 bits per heavy atom. The van der Waals surface area contributed by atoms with Gasteiger partial charge >= 0.3 is 5.97 Å². The van der Waals surface area contributed by atoms with E-state index in [9.17, 15) is 9.59 Å². The number of aryl methyl sites for hydroxylation is 1. The number of aromatic carboxylic acids is 1. The molecular formula is C13H10O3S. The molecule has 0 aliphatic rings. The zero-order chi connectivity index (χ0) is 12.4. The van der Waals surface area contributed by atoms with E-state index in [1.807, 2.05) is 12.3 Å². The summed E-state index contributed by atoms with van der Waals surface area (Å²) in [7, 11) is 0. The molecule has 1 heterocycles. The molecule has 0 aliphatic carbocycles. The van der Waals surface area contributed by atoms with Gasteiger partial charge in [0.1, 0.15) is 0 Å². The molecule has 0 spiro atoms. The van der Waals surface area contributed by atoms with E-state index in [4.69, 9.17) is 5.11 Å². The van der Waals surface area contributed by atoms with Crippen molar-refractivity contribution in [2.24, 2.45) is 0 Å². The highest BCUT2D eigenvalue weighted by molar-refractivity contribution is 7.12. The molecule has 1 N–H and O–H groups in total. The fourth-order valence-corrected chi connectivity index (χ4v) is 2.39. The van der Waals surface area contributed by atoms with Crippen LogP contribution in [0.4, 0.5) is 0 Å². The Bertz CT molecular complexity index is 584. The molecule has 0 aliphatic heterocycles. The lowest BCUT2D eigenvalue weighted by molar-refractivity contribution is 0.0696. The van der Waals surface area contributed by atoms with E-state index in [0.29, 0.717) is 4.88 Å². The van der Waals surface area contributed by atoms with Crippen molar-refractivity contribution >= 4 is 23.6 Å². The second kappa shape index (κ2) is 4.51. The molecule has 0 saturated heterocycles. The van der Waals surface area contributed by atoms with Crippen molar-refractivity contribution in [2.45, 2.75) is 6.92 Å². The topological polar surface area (TPSA) is 54.4 Å². The number of aldehydes is 1. The van der Waals surface area contributed by atoms with Crippen LogP contribution < -0.4 is 0 Å². The Hall–Kier alpha value is -1.94. The van der Waals surface area contributed by atoms with Crippen LogP contribution in [-0.2, 0) is 0 Å². The maximum absolute atomic E-state index is 10.8. The zero-order valence-electron chi connectivity index (χ0n) is 9.14. The molecule has 0 saturated carbocycles. The molecule has 0 unspecified atom stereocenters. The van der Waals surface area contributed by atoms with Crippen LogP contribution in [0.5, 0.6) is 0 Å². The van der Waals surface area contributed by atoms with Crippen LogP contribution in [0.25, 0.3) is 11.1 Å². The quantitative estimate of drug-likeness (QED) is 0.846. The lowest BCUT2D eigenvalue weighted by Gasteiger charge is -2.04. The fraction of sp³-hybridized carbons (Fsp3) is 0.0769. The average Bonchev–Trinajstić information content (AvgIpc) is 2.77. The number of carbonyl (C=O) groups excluding carboxylic acids is 1. The second-order valence-corrected chi connectivity index (χ2v) is 4.63. The number of carbonyl (C=O) groups is 2. The number of carboxylic acids is 1. The molecule has 0 fully saturated rings. The number of hydrogen-bond donors (Lipinski definition) is 1. The predicted octanol–water partition coefficient (Wildman–Crippen LogP) is 3.23. The van der Waals surface area contributed by atoms with Gasteiger partial charge < -0.3 is 5.11 Å². The minimum absolute atomic E-state index is 0.275. The Morgan fingerprint density at radius 2 is 2.12 bits per heavy atom. The van der Waals surface area contributed by atoms with Crippen molar-refractivity contribution in [1.29, 1.82) is 0 Å². The first-order valence-electron chi connectivity index (χ1n) is 5.00. The van der Waals surface area contributed by atoms with Gasteiger partial charge in [0.2, 0.25) is 0 Å². The Morgan fingerprint density at radius 1 is 1.35 bits per heavy atom. The van der Waals surface area contributed by atoms with Gasteiger partial charge in [-0.15, -0.1) is 11.3 Å². The van der Waals surface area contributed by atoms with E-state index < -0.39 is 5.97 Å². The maximum Gasteiger partial charge on any atom is 0.335 e. The summed E-state index contributed by atoms with van der Waals surface area (Å²) >= 11 is 1.38. The second-order valence-electron chi connectivity index (χ2n) is 3.69. The molecule has 0 atom stereocenters. The summed E-state index contributed by atoms with van der Waals surface area (Å²) in [4.78, 5) is 22.1. The molecule has 4 heteroatoms. The van der Waals surface area contributed by atoms with Crippen LogP contribution in [0.1, 0.15) is 25.6 Å². The van der Waals surface area contributed by atoms with E-state index in [1.54, 1.807) is 24.3 Å². The Labute approximate surface area is 102 Å². The number of carboxylic acid groups (broad SMARTS) is 1. The molecule has 2 aromatic rings. The molecule has 1 aromatic heterocycles. The first kappa shape index (κ1) is 11.5. The maximum atomic E-state index is 10.8. The van der Waals surface area contributed by atoms with E-state index in [-0.39, 0.29) is 5.56 Å². The van der Waals surface area contributed by atoms with Gasteiger partial charge in [-0.3, -0.25) is 4.79 Å². The van der Waals surface area contributed by atoms with Crippen molar-refractivity contribution < 1.29 is 14.7 Å². The van der Waals surface area contributed by atoms with Crippen molar-refractivity contribution in [2.75, 3.05) is 0 Å². The number of hydrogen-bond acceptors (Lipinski definition) is 3. The van der Waals surface area contributed by atoms with Crippen LogP contribution in [0.15, 0.2) is 29.6 Å². The lowest BCUT2D eigenvalue weighted by atomic mass is 10.0. The van der Waals surface area contributed by atoms with Crippen molar-refractivity contribution in [1.82, 2.24) is 0 Å². The zero-order valence-corrected chi connectivity index (χ0v) is 9.95. The lowest BCUT2D eigenvalue weighted by Crippen LogP contribution is -1.96. The van der Waals surface area contributed by atoms with Gasteiger partial charge in [0.15, 0.2) is 6.29 Å². The highest BCUT2D eigenvalue weighted by atomic mass is 32.1. The summed E-state index contributed by atoms with van der Waals surface area (Å²) in [6.45, 7) is 1.86. The molecular weight excluding hydrogens is 236 g/mol. The van der Waals surface area contributed by atoms with Gasteiger partial charge in [-0.2, -0.15) is 0 Å². The highest BCUT2D eigenvalue weighted by Crippen LogP contribution is 2.28. The molecule has 3 nitrogen and oxygen atoms in total. The number of rotatable bonds is 3. The van der Waals surface area contributed by atoms with Gasteiger partial charge in [0.25, 0.3) is 0 Å². The van der Waals surface area contributed by atoms with E-state index >= 15 is 0 Å². The van der Waals surface area contributed by atoms with Crippen LogP contribution in [0.2, 0.25) is 0 Å². The normalized spacial score (nSPS) is 10.2. The van der Waals surface area contributed by atoms with Gasteiger partial charge in [-0.05, 0) is 47.2 Å². The summed E-state index contributed by atoms with van der Waals surface area (Å²) in [5.74, 6) is -0.932. The predicted molar refractivity (Wildman–Crippen MR) is 66.8 cm³/mol. The van der Waals surface area contributed by atoms with Crippen LogP contribution in [-0.4, -0.2) is 17.4 Å². The Balaban J connectivity index is 2.46. The number of benzene rings is 1. The molecule has 2 rings (SSSR count). The van der Waals surface area contributed by atoms with Crippen molar-refractivity contribution in [3.63, 3.8) is 0 Å². The van der Waals surface area contributed by atoms with E-state index in [2.05, 4.69) is 0 Å². The van der Waals surface area contributed by atoms with Gasteiger partial charge in [0, 0.05) is 0 Å². The molecule has 1 aromatic carbocycles. The monoisotopic (exact) mass is 246 g/mol. The van der Waals surface area contributed by atoms with Crippen molar-refractivity contribution in [3.05, 3.63) is 45.6 Å². The summed E-state index contributed by atoms with van der Waals surface area (Å²) in [5.41, 5.74) is 3.07. The summed E-state index contributed by atoms with van der Waals surface area (Å²) in [6.07, 6.45) is 0.815. The van der Waals surface area contributed by atoms with Gasteiger partial charge in [-0.1, -0.05) is 6.07 Å². The Kier molecular flexibility index (Phi) is 3.06. The minimum Gasteiger partial charge on any atom is -0.478 e. The summed E-state index contributed by atoms with van der Waals surface area (Å²) < 4.78 is 0. The molecule has 0 radical (unpaired) electrons. The largest absolute Gasteiger partial charge is 0.478 e. The molecule has 17 heavy (non-hydrogen) atoms.